The van der Waals surface area contributed by atoms with Crippen molar-refractivity contribution in [3.8, 4) is 0 Å². The number of ether oxygens (including phenoxy) is 3. The largest absolute Gasteiger partial charge is 0.466 e. The number of unbranched alkanes of at least 4 members (excludes halogenated alkanes) is 15. The smallest absolute Gasteiger partial charge is 0.305 e. The van der Waals surface area contributed by atoms with Crippen molar-refractivity contribution in [3.05, 3.63) is 0 Å². The standard InChI is InChI=1S/C30H60O4/c1-4-5-6-19-24-32-27-28-33-25-21-23-30(31)34-26-20-17-15-13-11-9-7-8-10-12-14-16-18-22-29(2)3/h29H,4-28H2,1-3H3. The van der Waals surface area contributed by atoms with Crippen LogP contribution in [0, 0.1) is 5.92 Å². The summed E-state index contributed by atoms with van der Waals surface area (Å²) in [5.41, 5.74) is 0. The molecule has 0 fully saturated rings. The van der Waals surface area contributed by atoms with Crippen LogP contribution in [-0.2, 0) is 19.0 Å². The zero-order valence-corrected chi connectivity index (χ0v) is 23.4. The van der Waals surface area contributed by atoms with E-state index in [1.165, 1.54) is 103 Å². The van der Waals surface area contributed by atoms with Crippen LogP contribution >= 0.6 is 0 Å². The third-order valence-electron chi connectivity index (χ3n) is 6.37. The van der Waals surface area contributed by atoms with E-state index >= 15 is 0 Å². The third kappa shape index (κ3) is 29.4. The summed E-state index contributed by atoms with van der Waals surface area (Å²) < 4.78 is 16.4. The first-order valence-electron chi connectivity index (χ1n) is 15.0. The Bertz CT molecular complexity index is 397. The topological polar surface area (TPSA) is 44.8 Å². The third-order valence-corrected chi connectivity index (χ3v) is 6.37. The summed E-state index contributed by atoms with van der Waals surface area (Å²) in [5.74, 6) is 0.779. The van der Waals surface area contributed by atoms with Gasteiger partial charge >= 0.3 is 5.97 Å². The number of hydrogen-bond acceptors (Lipinski definition) is 4. The molecule has 0 N–H and O–H groups in total. The van der Waals surface area contributed by atoms with Gasteiger partial charge in [0.15, 0.2) is 0 Å². The van der Waals surface area contributed by atoms with Crippen molar-refractivity contribution >= 4 is 5.97 Å². The Labute approximate surface area is 213 Å². The fraction of sp³-hybridized carbons (Fsp3) is 0.967. The molecule has 204 valence electrons. The molecule has 0 aliphatic rings. The molecule has 0 bridgehead atoms. The fourth-order valence-corrected chi connectivity index (χ4v) is 4.13. The van der Waals surface area contributed by atoms with Gasteiger partial charge < -0.3 is 14.2 Å². The second-order valence-corrected chi connectivity index (χ2v) is 10.4. The minimum Gasteiger partial charge on any atom is -0.466 e. The highest BCUT2D eigenvalue weighted by Crippen LogP contribution is 2.14. The van der Waals surface area contributed by atoms with Crippen molar-refractivity contribution in [2.75, 3.05) is 33.0 Å². The van der Waals surface area contributed by atoms with Crippen molar-refractivity contribution in [2.24, 2.45) is 5.92 Å². The van der Waals surface area contributed by atoms with Gasteiger partial charge in [-0.3, -0.25) is 4.79 Å². The second kappa shape index (κ2) is 28.6. The van der Waals surface area contributed by atoms with Gasteiger partial charge in [0.25, 0.3) is 0 Å². The lowest BCUT2D eigenvalue weighted by Crippen LogP contribution is -2.09. The van der Waals surface area contributed by atoms with Gasteiger partial charge in [0, 0.05) is 19.6 Å². The highest BCUT2D eigenvalue weighted by atomic mass is 16.5. The Morgan fingerprint density at radius 3 is 1.50 bits per heavy atom. The van der Waals surface area contributed by atoms with Crippen molar-refractivity contribution in [2.45, 2.75) is 149 Å². The first-order valence-corrected chi connectivity index (χ1v) is 15.0. The maximum atomic E-state index is 11.8. The second-order valence-electron chi connectivity index (χ2n) is 10.4. The number of carbonyl (C=O) groups excluding carboxylic acids is 1. The van der Waals surface area contributed by atoms with Crippen molar-refractivity contribution in [1.29, 1.82) is 0 Å². The number of hydrogen-bond donors (Lipinski definition) is 0. The Balaban J connectivity index is 3.14. The van der Waals surface area contributed by atoms with Gasteiger partial charge in [0.1, 0.15) is 0 Å². The van der Waals surface area contributed by atoms with E-state index < -0.39 is 0 Å². The van der Waals surface area contributed by atoms with E-state index in [2.05, 4.69) is 20.8 Å². The van der Waals surface area contributed by atoms with Crippen LogP contribution in [0.4, 0.5) is 0 Å². The predicted molar refractivity (Wildman–Crippen MR) is 145 cm³/mol. The van der Waals surface area contributed by atoms with Crippen LogP contribution in [0.1, 0.15) is 149 Å². The molecule has 0 aromatic carbocycles. The summed E-state index contributed by atoms with van der Waals surface area (Å²) in [4.78, 5) is 11.8. The summed E-state index contributed by atoms with van der Waals surface area (Å²) in [6.07, 6.45) is 25.0. The average Bonchev–Trinajstić information content (AvgIpc) is 2.82. The molecule has 0 saturated carbocycles. The van der Waals surface area contributed by atoms with Crippen LogP contribution in [0.15, 0.2) is 0 Å². The molecule has 0 aliphatic heterocycles. The quantitative estimate of drug-likeness (QED) is 0.0820. The summed E-state index contributed by atoms with van der Waals surface area (Å²) in [7, 11) is 0. The van der Waals surface area contributed by atoms with E-state index in [9.17, 15) is 4.79 Å². The molecule has 0 atom stereocenters. The van der Waals surface area contributed by atoms with E-state index in [1.807, 2.05) is 0 Å². The van der Waals surface area contributed by atoms with E-state index in [-0.39, 0.29) is 5.97 Å². The molecule has 0 aromatic heterocycles. The maximum Gasteiger partial charge on any atom is 0.305 e. The van der Waals surface area contributed by atoms with Gasteiger partial charge in [-0.1, -0.05) is 124 Å². The minimum atomic E-state index is -0.0873. The van der Waals surface area contributed by atoms with Gasteiger partial charge in [0.2, 0.25) is 0 Å². The minimum absolute atomic E-state index is 0.0873. The van der Waals surface area contributed by atoms with Crippen LogP contribution in [0.25, 0.3) is 0 Å². The van der Waals surface area contributed by atoms with Gasteiger partial charge in [-0.2, -0.15) is 0 Å². The Morgan fingerprint density at radius 2 is 0.971 bits per heavy atom. The molecule has 0 unspecified atom stereocenters. The van der Waals surface area contributed by atoms with Gasteiger partial charge in [0.05, 0.1) is 19.8 Å². The van der Waals surface area contributed by atoms with Crippen molar-refractivity contribution in [3.63, 3.8) is 0 Å². The first-order chi connectivity index (χ1) is 16.7. The van der Waals surface area contributed by atoms with E-state index in [1.54, 1.807) is 0 Å². The number of rotatable bonds is 28. The van der Waals surface area contributed by atoms with E-state index in [0.29, 0.717) is 32.8 Å². The van der Waals surface area contributed by atoms with Crippen molar-refractivity contribution in [1.82, 2.24) is 0 Å². The maximum absolute atomic E-state index is 11.8. The molecular weight excluding hydrogens is 424 g/mol. The summed E-state index contributed by atoms with van der Waals surface area (Å²) >= 11 is 0. The Kier molecular flexibility index (Phi) is 28.1. The first kappa shape index (κ1) is 33.4. The average molecular weight is 485 g/mol. The highest BCUT2D eigenvalue weighted by molar-refractivity contribution is 5.69. The normalized spacial score (nSPS) is 11.4. The van der Waals surface area contributed by atoms with Crippen LogP contribution in [-0.4, -0.2) is 39.0 Å². The molecule has 4 nitrogen and oxygen atoms in total. The van der Waals surface area contributed by atoms with Gasteiger partial charge in [-0.15, -0.1) is 0 Å². The predicted octanol–water partition coefficient (Wildman–Crippen LogP) is 9.04. The lowest BCUT2D eigenvalue weighted by atomic mass is 10.0. The lowest BCUT2D eigenvalue weighted by Gasteiger charge is -2.07. The molecule has 0 radical (unpaired) electrons. The van der Waals surface area contributed by atoms with Crippen LogP contribution in [0.2, 0.25) is 0 Å². The molecule has 0 spiro atoms. The molecule has 0 rings (SSSR count). The molecule has 0 saturated heterocycles. The summed E-state index contributed by atoms with van der Waals surface area (Å²) in [6, 6.07) is 0. The summed E-state index contributed by atoms with van der Waals surface area (Å²) in [5, 5.41) is 0. The molecule has 4 heteroatoms. The zero-order valence-electron chi connectivity index (χ0n) is 23.4. The van der Waals surface area contributed by atoms with Crippen LogP contribution in [0.3, 0.4) is 0 Å². The fourth-order valence-electron chi connectivity index (χ4n) is 4.13. The van der Waals surface area contributed by atoms with E-state index in [0.717, 1.165) is 31.8 Å². The van der Waals surface area contributed by atoms with E-state index in [4.69, 9.17) is 14.2 Å². The lowest BCUT2D eigenvalue weighted by molar-refractivity contribution is -0.144. The molecule has 0 heterocycles. The highest BCUT2D eigenvalue weighted by Gasteiger charge is 2.03. The molecule has 0 amide bonds. The summed E-state index contributed by atoms with van der Waals surface area (Å²) in [6.45, 7) is 10.1. The van der Waals surface area contributed by atoms with Crippen molar-refractivity contribution < 1.29 is 19.0 Å². The van der Waals surface area contributed by atoms with Gasteiger partial charge in [-0.25, -0.2) is 0 Å². The van der Waals surface area contributed by atoms with Crippen LogP contribution < -0.4 is 0 Å². The molecule has 0 aromatic rings. The Morgan fingerprint density at radius 1 is 0.529 bits per heavy atom. The van der Waals surface area contributed by atoms with Gasteiger partial charge in [-0.05, 0) is 25.2 Å². The van der Waals surface area contributed by atoms with Crippen LogP contribution in [0.5, 0.6) is 0 Å². The number of carbonyl (C=O) groups is 1. The SMILES string of the molecule is CCCCCCOCCOCCCC(=O)OCCCCCCCCCCCCCCCC(C)C. The molecule has 0 aliphatic carbocycles. The zero-order chi connectivity index (χ0) is 25.0. The Hall–Kier alpha value is -0.610. The monoisotopic (exact) mass is 484 g/mol. The number of esters is 1. The molecular formula is C30H60O4. The molecule has 34 heavy (non-hydrogen) atoms.